The summed E-state index contributed by atoms with van der Waals surface area (Å²) in [5.41, 5.74) is 2.28. The molecule has 3 heteroatoms. The third-order valence-electron chi connectivity index (χ3n) is 3.74. The summed E-state index contributed by atoms with van der Waals surface area (Å²) >= 11 is 0. The summed E-state index contributed by atoms with van der Waals surface area (Å²) in [7, 11) is 0. The van der Waals surface area contributed by atoms with Crippen LogP contribution in [0.2, 0.25) is 0 Å². The van der Waals surface area contributed by atoms with E-state index in [4.69, 9.17) is 4.74 Å². The van der Waals surface area contributed by atoms with Gasteiger partial charge in [-0.3, -0.25) is 0 Å². The zero-order chi connectivity index (χ0) is 15.0. The fourth-order valence-electron chi connectivity index (χ4n) is 2.14. The second-order valence-corrected chi connectivity index (χ2v) is 5.57. The van der Waals surface area contributed by atoms with Gasteiger partial charge in [-0.05, 0) is 43.5 Å². The fraction of sp³-hybridized carbons (Fsp3) is 0.647. The summed E-state index contributed by atoms with van der Waals surface area (Å²) in [6, 6.07) is 6.12. The van der Waals surface area contributed by atoms with E-state index in [0.717, 1.165) is 17.9 Å². The van der Waals surface area contributed by atoms with Crippen LogP contribution in [0.1, 0.15) is 37.8 Å². The zero-order valence-electron chi connectivity index (χ0n) is 13.3. The van der Waals surface area contributed by atoms with Crippen LogP contribution in [0.5, 0.6) is 5.75 Å². The minimum Gasteiger partial charge on any atom is -0.491 e. The van der Waals surface area contributed by atoms with Crippen molar-refractivity contribution in [3.63, 3.8) is 0 Å². The SMILES string of the molecule is CCC(CC)CNCC(O)COc1cc(C)ccc1C. The van der Waals surface area contributed by atoms with Crippen LogP contribution in [-0.4, -0.2) is 30.9 Å². The van der Waals surface area contributed by atoms with Crippen LogP contribution in [0.25, 0.3) is 0 Å². The molecule has 1 atom stereocenters. The normalized spacial score (nSPS) is 12.7. The van der Waals surface area contributed by atoms with Crippen molar-refractivity contribution in [2.45, 2.75) is 46.6 Å². The third kappa shape index (κ3) is 5.93. The minimum absolute atomic E-state index is 0.334. The van der Waals surface area contributed by atoms with Crippen LogP contribution in [0.15, 0.2) is 18.2 Å². The first-order valence-electron chi connectivity index (χ1n) is 7.65. The molecule has 0 radical (unpaired) electrons. The van der Waals surface area contributed by atoms with Crippen LogP contribution in [-0.2, 0) is 0 Å². The predicted molar refractivity (Wildman–Crippen MR) is 84.4 cm³/mol. The van der Waals surface area contributed by atoms with Gasteiger partial charge in [-0.2, -0.15) is 0 Å². The van der Waals surface area contributed by atoms with Crippen molar-refractivity contribution in [3.05, 3.63) is 29.3 Å². The highest BCUT2D eigenvalue weighted by molar-refractivity contribution is 5.35. The van der Waals surface area contributed by atoms with Crippen molar-refractivity contribution in [2.75, 3.05) is 19.7 Å². The summed E-state index contributed by atoms with van der Waals surface area (Å²) in [6.45, 7) is 10.4. The van der Waals surface area contributed by atoms with Crippen LogP contribution in [0.3, 0.4) is 0 Å². The van der Waals surface area contributed by atoms with Crippen LogP contribution >= 0.6 is 0 Å². The molecule has 0 aliphatic heterocycles. The monoisotopic (exact) mass is 279 g/mol. The minimum atomic E-state index is -0.468. The van der Waals surface area contributed by atoms with Crippen LogP contribution < -0.4 is 10.1 Å². The zero-order valence-corrected chi connectivity index (χ0v) is 13.3. The van der Waals surface area contributed by atoms with Gasteiger partial charge in [0.05, 0.1) is 0 Å². The smallest absolute Gasteiger partial charge is 0.122 e. The molecule has 1 aromatic rings. The Hall–Kier alpha value is -1.06. The summed E-state index contributed by atoms with van der Waals surface area (Å²) in [4.78, 5) is 0. The van der Waals surface area contributed by atoms with E-state index < -0.39 is 6.10 Å². The van der Waals surface area contributed by atoms with Gasteiger partial charge >= 0.3 is 0 Å². The molecule has 3 nitrogen and oxygen atoms in total. The molecule has 1 aromatic carbocycles. The van der Waals surface area contributed by atoms with Crippen molar-refractivity contribution in [1.82, 2.24) is 5.32 Å². The average Bonchev–Trinajstić information content (AvgIpc) is 2.44. The lowest BCUT2D eigenvalue weighted by Gasteiger charge is -2.17. The van der Waals surface area contributed by atoms with Gasteiger partial charge < -0.3 is 15.2 Å². The number of aliphatic hydroxyl groups is 1. The van der Waals surface area contributed by atoms with Gasteiger partial charge in [0.15, 0.2) is 0 Å². The van der Waals surface area contributed by atoms with Gasteiger partial charge in [0.25, 0.3) is 0 Å². The molecule has 1 unspecified atom stereocenters. The highest BCUT2D eigenvalue weighted by Gasteiger charge is 2.08. The van der Waals surface area contributed by atoms with E-state index in [-0.39, 0.29) is 0 Å². The molecular formula is C17H29NO2. The molecule has 0 saturated heterocycles. The Morgan fingerprint density at radius 1 is 1.15 bits per heavy atom. The first kappa shape index (κ1) is 17.0. The van der Waals surface area contributed by atoms with Crippen LogP contribution in [0, 0.1) is 19.8 Å². The number of aliphatic hydroxyl groups excluding tert-OH is 1. The molecule has 114 valence electrons. The number of nitrogens with one attached hydrogen (secondary N) is 1. The van der Waals surface area contributed by atoms with Gasteiger partial charge in [-0.25, -0.2) is 0 Å². The van der Waals surface area contributed by atoms with Crippen molar-refractivity contribution < 1.29 is 9.84 Å². The summed E-state index contributed by atoms with van der Waals surface area (Å²) in [6.07, 6.45) is 1.89. The lowest BCUT2D eigenvalue weighted by atomic mass is 10.0. The van der Waals surface area contributed by atoms with E-state index in [1.165, 1.54) is 18.4 Å². The second kappa shape index (κ2) is 8.98. The maximum Gasteiger partial charge on any atom is 0.122 e. The Labute approximate surface area is 123 Å². The first-order valence-corrected chi connectivity index (χ1v) is 7.65. The Balaban J connectivity index is 2.29. The number of rotatable bonds is 9. The number of benzene rings is 1. The van der Waals surface area contributed by atoms with Crippen molar-refractivity contribution in [1.29, 1.82) is 0 Å². The lowest BCUT2D eigenvalue weighted by molar-refractivity contribution is 0.105. The molecule has 0 aromatic heterocycles. The Kier molecular flexibility index (Phi) is 7.63. The predicted octanol–water partition coefficient (Wildman–Crippen LogP) is 3.07. The van der Waals surface area contributed by atoms with E-state index in [9.17, 15) is 5.11 Å². The highest BCUT2D eigenvalue weighted by Crippen LogP contribution is 2.19. The standard InChI is InChI=1S/C17H29NO2/c1-5-15(6-2)10-18-11-16(19)12-20-17-9-13(3)7-8-14(17)4/h7-9,15-16,18-19H,5-6,10-12H2,1-4H3. The van der Waals surface area contributed by atoms with E-state index in [2.05, 4.69) is 25.2 Å². The van der Waals surface area contributed by atoms with E-state index in [0.29, 0.717) is 19.1 Å². The average molecular weight is 279 g/mol. The van der Waals surface area contributed by atoms with Gasteiger partial charge in [-0.1, -0.05) is 38.8 Å². The maximum absolute atomic E-state index is 9.94. The van der Waals surface area contributed by atoms with Gasteiger partial charge in [0.1, 0.15) is 18.5 Å². The molecule has 0 heterocycles. The molecular weight excluding hydrogens is 250 g/mol. The van der Waals surface area contributed by atoms with Gasteiger partial charge in [0, 0.05) is 6.54 Å². The molecule has 0 aliphatic carbocycles. The van der Waals surface area contributed by atoms with E-state index >= 15 is 0 Å². The summed E-state index contributed by atoms with van der Waals surface area (Å²) in [5, 5.41) is 13.3. The number of hydrogen-bond donors (Lipinski definition) is 2. The molecule has 1 rings (SSSR count). The lowest BCUT2D eigenvalue weighted by Crippen LogP contribution is -2.34. The third-order valence-corrected chi connectivity index (χ3v) is 3.74. The molecule has 20 heavy (non-hydrogen) atoms. The highest BCUT2D eigenvalue weighted by atomic mass is 16.5. The van der Waals surface area contributed by atoms with Crippen molar-refractivity contribution >= 4 is 0 Å². The molecule has 0 amide bonds. The molecule has 0 bridgehead atoms. The van der Waals surface area contributed by atoms with Crippen LogP contribution in [0.4, 0.5) is 0 Å². The number of ether oxygens (including phenoxy) is 1. The number of hydrogen-bond acceptors (Lipinski definition) is 3. The second-order valence-electron chi connectivity index (χ2n) is 5.57. The Morgan fingerprint density at radius 2 is 1.85 bits per heavy atom. The van der Waals surface area contributed by atoms with Crippen molar-refractivity contribution in [3.8, 4) is 5.75 Å². The quantitative estimate of drug-likeness (QED) is 0.730. The number of aryl methyl sites for hydroxylation is 2. The Morgan fingerprint density at radius 3 is 2.50 bits per heavy atom. The molecule has 2 N–H and O–H groups in total. The molecule has 0 spiro atoms. The van der Waals surface area contributed by atoms with E-state index in [1.54, 1.807) is 0 Å². The summed E-state index contributed by atoms with van der Waals surface area (Å²) in [5.74, 6) is 1.56. The largest absolute Gasteiger partial charge is 0.491 e. The van der Waals surface area contributed by atoms with Crippen molar-refractivity contribution in [2.24, 2.45) is 5.92 Å². The maximum atomic E-state index is 9.94. The Bertz CT molecular complexity index is 389. The van der Waals surface area contributed by atoms with Gasteiger partial charge in [0.2, 0.25) is 0 Å². The fourth-order valence-corrected chi connectivity index (χ4v) is 2.14. The topological polar surface area (TPSA) is 41.5 Å². The molecule has 0 fully saturated rings. The van der Waals surface area contributed by atoms with Gasteiger partial charge in [-0.15, -0.1) is 0 Å². The summed E-state index contributed by atoms with van der Waals surface area (Å²) < 4.78 is 5.70. The van der Waals surface area contributed by atoms with E-state index in [1.807, 2.05) is 26.0 Å². The first-order chi connectivity index (χ1) is 9.56. The molecule has 0 aliphatic rings. The molecule has 0 saturated carbocycles.